The van der Waals surface area contributed by atoms with Crippen LogP contribution in [0.1, 0.15) is 26.7 Å². The molecule has 0 amide bonds. The molecule has 0 aliphatic heterocycles. The molecule has 1 unspecified atom stereocenters. The summed E-state index contributed by atoms with van der Waals surface area (Å²) in [6.07, 6.45) is 1.92. The first-order valence-corrected chi connectivity index (χ1v) is 8.37. The number of ether oxygens (including phenoxy) is 1. The van der Waals surface area contributed by atoms with Crippen molar-refractivity contribution in [1.82, 2.24) is 4.72 Å². The second-order valence-corrected chi connectivity index (χ2v) is 6.32. The minimum atomic E-state index is -3.47. The topological polar surface area (TPSA) is 67.4 Å². The average molecular weight is 300 g/mol. The van der Waals surface area contributed by atoms with Crippen LogP contribution in [-0.2, 0) is 14.8 Å². The zero-order valence-electron chi connectivity index (χ0n) is 12.3. The first kappa shape index (κ1) is 16.9. The van der Waals surface area contributed by atoms with E-state index in [4.69, 9.17) is 4.74 Å². The highest BCUT2D eigenvalue weighted by Gasteiger charge is 2.18. The van der Waals surface area contributed by atoms with E-state index < -0.39 is 10.0 Å². The van der Waals surface area contributed by atoms with E-state index in [1.807, 2.05) is 6.07 Å². The summed E-state index contributed by atoms with van der Waals surface area (Å²) >= 11 is 0. The summed E-state index contributed by atoms with van der Waals surface area (Å²) in [6, 6.07) is 7.03. The number of anilines is 1. The predicted molar refractivity (Wildman–Crippen MR) is 81.5 cm³/mol. The van der Waals surface area contributed by atoms with E-state index in [1.54, 1.807) is 32.2 Å². The zero-order valence-corrected chi connectivity index (χ0v) is 13.2. The molecule has 5 nitrogen and oxygen atoms in total. The van der Waals surface area contributed by atoms with Gasteiger partial charge in [-0.25, -0.2) is 13.1 Å². The Balaban J connectivity index is 3.00. The van der Waals surface area contributed by atoms with Crippen molar-refractivity contribution in [2.24, 2.45) is 0 Å². The van der Waals surface area contributed by atoms with Gasteiger partial charge in [0, 0.05) is 19.7 Å². The molecule has 0 heterocycles. The summed E-state index contributed by atoms with van der Waals surface area (Å²) in [4.78, 5) is 0.277. The molecule has 1 aromatic rings. The molecule has 0 saturated carbocycles. The zero-order chi connectivity index (χ0) is 15.0. The summed E-state index contributed by atoms with van der Waals surface area (Å²) in [5.74, 6) is 0. The van der Waals surface area contributed by atoms with Gasteiger partial charge in [0.25, 0.3) is 0 Å². The Morgan fingerprint density at radius 1 is 1.25 bits per heavy atom. The summed E-state index contributed by atoms with van der Waals surface area (Å²) < 4.78 is 32.0. The quantitative estimate of drug-likeness (QED) is 0.734. The van der Waals surface area contributed by atoms with Crippen LogP contribution in [0, 0.1) is 0 Å². The summed E-state index contributed by atoms with van der Waals surface area (Å²) in [6.45, 7) is 4.76. The van der Waals surface area contributed by atoms with Crippen LogP contribution in [0.5, 0.6) is 0 Å². The van der Waals surface area contributed by atoms with Crippen molar-refractivity contribution in [3.8, 4) is 0 Å². The maximum atomic E-state index is 12.2. The summed E-state index contributed by atoms with van der Waals surface area (Å²) in [5.41, 5.74) is 0.615. The molecule has 0 spiro atoms. The van der Waals surface area contributed by atoms with Gasteiger partial charge in [0.1, 0.15) is 4.90 Å². The number of sulfonamides is 1. The Bertz CT molecular complexity index is 497. The molecule has 20 heavy (non-hydrogen) atoms. The molecule has 0 aliphatic rings. The standard InChI is InChI=1S/C14H24N2O3S/c1-4-8-12(11-19-3)16-13-9-6-7-10-14(13)20(17,18)15-5-2/h6-7,9-10,12,15-16H,4-5,8,11H2,1-3H3. The van der Waals surface area contributed by atoms with E-state index in [1.165, 1.54) is 0 Å². The van der Waals surface area contributed by atoms with Crippen LogP contribution >= 0.6 is 0 Å². The summed E-state index contributed by atoms with van der Waals surface area (Å²) in [7, 11) is -1.83. The number of methoxy groups -OCH3 is 1. The van der Waals surface area contributed by atoms with Crippen LogP contribution in [0.15, 0.2) is 29.2 Å². The summed E-state index contributed by atoms with van der Waals surface area (Å²) in [5, 5.41) is 3.27. The molecule has 0 bridgehead atoms. The fourth-order valence-electron chi connectivity index (χ4n) is 2.05. The van der Waals surface area contributed by atoms with Crippen molar-refractivity contribution < 1.29 is 13.2 Å². The van der Waals surface area contributed by atoms with Crippen LogP contribution in [0.25, 0.3) is 0 Å². The lowest BCUT2D eigenvalue weighted by molar-refractivity contribution is 0.182. The van der Waals surface area contributed by atoms with Gasteiger partial charge in [-0.15, -0.1) is 0 Å². The fourth-order valence-corrected chi connectivity index (χ4v) is 3.26. The third-order valence-corrected chi connectivity index (χ3v) is 4.48. The van der Waals surface area contributed by atoms with E-state index >= 15 is 0 Å². The molecular weight excluding hydrogens is 276 g/mol. The number of nitrogens with one attached hydrogen (secondary N) is 2. The highest BCUT2D eigenvalue weighted by atomic mass is 32.2. The first-order chi connectivity index (χ1) is 9.55. The van der Waals surface area contributed by atoms with Gasteiger partial charge in [0.15, 0.2) is 0 Å². The third kappa shape index (κ3) is 4.77. The maximum absolute atomic E-state index is 12.2. The lowest BCUT2D eigenvalue weighted by Gasteiger charge is -2.20. The largest absolute Gasteiger partial charge is 0.383 e. The van der Waals surface area contributed by atoms with E-state index in [0.29, 0.717) is 18.8 Å². The number of para-hydroxylation sites is 1. The van der Waals surface area contributed by atoms with Crippen molar-refractivity contribution in [2.45, 2.75) is 37.6 Å². The predicted octanol–water partition coefficient (Wildman–Crippen LogP) is 2.21. The third-order valence-electron chi connectivity index (χ3n) is 2.88. The second-order valence-electron chi connectivity index (χ2n) is 4.58. The van der Waals surface area contributed by atoms with Crippen LogP contribution in [0.2, 0.25) is 0 Å². The monoisotopic (exact) mass is 300 g/mol. The Hall–Kier alpha value is -1.11. The number of hydrogen-bond acceptors (Lipinski definition) is 4. The van der Waals surface area contributed by atoms with Crippen LogP contribution in [-0.4, -0.2) is 34.7 Å². The number of hydrogen-bond donors (Lipinski definition) is 2. The molecule has 1 atom stereocenters. The Morgan fingerprint density at radius 2 is 1.95 bits per heavy atom. The molecule has 0 radical (unpaired) electrons. The van der Waals surface area contributed by atoms with Gasteiger partial charge >= 0.3 is 0 Å². The second kappa shape index (κ2) is 8.24. The van der Waals surface area contributed by atoms with Gasteiger partial charge in [-0.3, -0.25) is 0 Å². The van der Waals surface area contributed by atoms with Crippen LogP contribution in [0.4, 0.5) is 5.69 Å². The molecule has 0 fully saturated rings. The molecule has 1 rings (SSSR count). The van der Waals surface area contributed by atoms with Crippen molar-refractivity contribution in [3.05, 3.63) is 24.3 Å². The van der Waals surface area contributed by atoms with E-state index in [9.17, 15) is 8.42 Å². The normalized spacial score (nSPS) is 13.2. The van der Waals surface area contributed by atoms with Crippen molar-refractivity contribution in [2.75, 3.05) is 25.6 Å². The minimum Gasteiger partial charge on any atom is -0.383 e. The molecule has 114 valence electrons. The van der Waals surface area contributed by atoms with Crippen molar-refractivity contribution >= 4 is 15.7 Å². The minimum absolute atomic E-state index is 0.1000. The van der Waals surface area contributed by atoms with Crippen molar-refractivity contribution in [3.63, 3.8) is 0 Å². The Kier molecular flexibility index (Phi) is 6.98. The Labute approximate surface area is 121 Å². The molecule has 1 aromatic carbocycles. The highest BCUT2D eigenvalue weighted by molar-refractivity contribution is 7.89. The van der Waals surface area contributed by atoms with E-state index in [2.05, 4.69) is 17.0 Å². The molecule has 0 saturated heterocycles. The number of benzene rings is 1. The lowest BCUT2D eigenvalue weighted by atomic mass is 10.1. The number of rotatable bonds is 9. The van der Waals surface area contributed by atoms with Gasteiger partial charge in [0.05, 0.1) is 12.3 Å². The van der Waals surface area contributed by atoms with Crippen LogP contribution in [0.3, 0.4) is 0 Å². The van der Waals surface area contributed by atoms with Gasteiger partial charge in [-0.05, 0) is 18.6 Å². The molecule has 2 N–H and O–H groups in total. The van der Waals surface area contributed by atoms with Gasteiger partial charge < -0.3 is 10.1 Å². The lowest BCUT2D eigenvalue weighted by Crippen LogP contribution is -2.28. The average Bonchev–Trinajstić information content (AvgIpc) is 2.39. The van der Waals surface area contributed by atoms with Gasteiger partial charge in [0.2, 0.25) is 10.0 Å². The highest BCUT2D eigenvalue weighted by Crippen LogP contribution is 2.22. The van der Waals surface area contributed by atoms with E-state index in [0.717, 1.165) is 12.8 Å². The molecular formula is C14H24N2O3S. The smallest absolute Gasteiger partial charge is 0.242 e. The SMILES string of the molecule is CCCC(COC)Nc1ccccc1S(=O)(=O)NCC. The maximum Gasteiger partial charge on any atom is 0.242 e. The van der Waals surface area contributed by atoms with Gasteiger partial charge in [-0.2, -0.15) is 0 Å². The van der Waals surface area contributed by atoms with Gasteiger partial charge in [-0.1, -0.05) is 32.4 Å². The fraction of sp³-hybridized carbons (Fsp3) is 0.571. The molecule has 0 aromatic heterocycles. The van der Waals surface area contributed by atoms with E-state index in [-0.39, 0.29) is 10.9 Å². The first-order valence-electron chi connectivity index (χ1n) is 6.89. The molecule has 0 aliphatic carbocycles. The van der Waals surface area contributed by atoms with Crippen molar-refractivity contribution in [1.29, 1.82) is 0 Å². The molecule has 6 heteroatoms. The van der Waals surface area contributed by atoms with Crippen LogP contribution < -0.4 is 10.0 Å². The Morgan fingerprint density at radius 3 is 2.55 bits per heavy atom.